The molecule has 9 heteroatoms. The van der Waals surface area contributed by atoms with E-state index in [1.54, 1.807) is 14.2 Å². The van der Waals surface area contributed by atoms with Crippen LogP contribution in [0.2, 0.25) is 0 Å². The van der Waals surface area contributed by atoms with E-state index in [0.717, 1.165) is 25.7 Å². The molecule has 0 amide bonds. The van der Waals surface area contributed by atoms with Gasteiger partial charge in [-0.25, -0.2) is 0 Å². The molecule has 194 valence electrons. The highest BCUT2D eigenvalue weighted by atomic mass is 35.5. The summed E-state index contributed by atoms with van der Waals surface area (Å²) < 4.78 is 29.3. The van der Waals surface area contributed by atoms with Crippen LogP contribution in [0.15, 0.2) is 11.3 Å². The Hall–Kier alpha value is -1.48. The van der Waals surface area contributed by atoms with Gasteiger partial charge in [-0.1, -0.05) is 6.92 Å². The lowest BCUT2D eigenvalue weighted by Crippen LogP contribution is -2.52. The quantitative estimate of drug-likeness (QED) is 0.420. The van der Waals surface area contributed by atoms with Gasteiger partial charge in [0.1, 0.15) is 11.9 Å². The van der Waals surface area contributed by atoms with Gasteiger partial charge in [-0.15, -0.1) is 11.6 Å². The standard InChI is InChI=1S/C26H35ClO8/c1-12-9-16(28)15-10-17(13-5-7-14(8-6-13)25(30)33-4)34-24(15)26(12)23(29)20-18(31-2)11-19(32-3)21(27)22(20)35-26/h12-14,17-22H,5-11H2,1-4H3/t12-,13?,14?,17-,18?,19?,20?,21?,22?,26-/m1/s1. The molecule has 0 bridgehead atoms. The molecule has 2 heterocycles. The fourth-order valence-electron chi connectivity index (χ4n) is 7.13. The van der Waals surface area contributed by atoms with Crippen molar-refractivity contribution >= 4 is 29.1 Å². The van der Waals surface area contributed by atoms with Crippen molar-refractivity contribution in [2.75, 3.05) is 21.3 Å². The van der Waals surface area contributed by atoms with Crippen LogP contribution in [0.4, 0.5) is 0 Å². The average molecular weight is 511 g/mol. The van der Waals surface area contributed by atoms with Crippen LogP contribution in [0.3, 0.4) is 0 Å². The SMILES string of the molecule is COC(=O)C1CCC([C@H]2CC3=C(O2)[C@@]2(OC4C(Cl)C(OC)CC(OC)C4C2=O)[C@H](C)CC3=O)CC1. The third-order valence-corrected chi connectivity index (χ3v) is 9.65. The second-order valence-corrected chi connectivity index (χ2v) is 11.3. The summed E-state index contributed by atoms with van der Waals surface area (Å²) in [6.07, 6.45) is 2.81. The lowest BCUT2D eigenvalue weighted by atomic mass is 9.69. The van der Waals surface area contributed by atoms with E-state index >= 15 is 0 Å². The Labute approximate surface area is 210 Å². The van der Waals surface area contributed by atoms with Crippen LogP contribution in [-0.2, 0) is 38.1 Å². The van der Waals surface area contributed by atoms with Gasteiger partial charge in [0.2, 0.25) is 0 Å². The van der Waals surface area contributed by atoms with Crippen LogP contribution in [-0.4, -0.2) is 74.3 Å². The summed E-state index contributed by atoms with van der Waals surface area (Å²) in [6, 6.07) is 0. The lowest BCUT2D eigenvalue weighted by molar-refractivity contribution is -0.150. The van der Waals surface area contributed by atoms with Crippen molar-refractivity contribution in [3.05, 3.63) is 11.3 Å². The number of esters is 1. The number of carbonyl (C=O) groups is 3. The van der Waals surface area contributed by atoms with Crippen molar-refractivity contribution in [2.45, 2.75) is 87.3 Å². The molecule has 5 unspecified atom stereocenters. The number of halogens is 1. The van der Waals surface area contributed by atoms with E-state index in [1.807, 2.05) is 6.92 Å². The molecule has 1 spiro atoms. The first-order valence-electron chi connectivity index (χ1n) is 12.7. The third-order valence-electron chi connectivity index (χ3n) is 9.12. The fourth-order valence-corrected chi connectivity index (χ4v) is 7.55. The van der Waals surface area contributed by atoms with Crippen molar-refractivity contribution in [1.82, 2.24) is 0 Å². The first-order chi connectivity index (χ1) is 16.8. The van der Waals surface area contributed by atoms with Crippen molar-refractivity contribution in [3.63, 3.8) is 0 Å². The highest BCUT2D eigenvalue weighted by molar-refractivity contribution is 6.22. The number of Topliss-reactive ketones (excluding diaryl/α,β-unsaturated/α-hetero) is 2. The minimum absolute atomic E-state index is 0.0237. The normalized spacial score (nSPS) is 45.3. The van der Waals surface area contributed by atoms with Gasteiger partial charge in [0.05, 0.1) is 42.6 Å². The van der Waals surface area contributed by atoms with Gasteiger partial charge in [-0.2, -0.15) is 0 Å². The maximum absolute atomic E-state index is 14.1. The highest BCUT2D eigenvalue weighted by Gasteiger charge is 2.68. The van der Waals surface area contributed by atoms with E-state index in [1.165, 1.54) is 7.11 Å². The molecule has 35 heavy (non-hydrogen) atoms. The maximum atomic E-state index is 14.1. The van der Waals surface area contributed by atoms with Gasteiger partial charge in [-0.3, -0.25) is 14.4 Å². The first kappa shape index (κ1) is 25.2. The molecule has 8 atom stereocenters. The van der Waals surface area contributed by atoms with E-state index in [9.17, 15) is 14.4 Å². The Balaban J connectivity index is 1.42. The number of hydrogen-bond donors (Lipinski definition) is 0. The van der Waals surface area contributed by atoms with E-state index in [4.69, 9.17) is 35.3 Å². The Kier molecular flexibility index (Phi) is 6.79. The molecule has 0 aromatic heterocycles. The summed E-state index contributed by atoms with van der Waals surface area (Å²) in [5.41, 5.74) is -0.748. The van der Waals surface area contributed by atoms with Gasteiger partial charge in [0.15, 0.2) is 17.2 Å². The van der Waals surface area contributed by atoms with Crippen LogP contribution in [0.5, 0.6) is 0 Å². The van der Waals surface area contributed by atoms with Crippen LogP contribution in [0.25, 0.3) is 0 Å². The van der Waals surface area contributed by atoms with Crippen LogP contribution < -0.4 is 0 Å². The third kappa shape index (κ3) is 3.78. The fraction of sp³-hybridized carbons (Fsp3) is 0.808. The minimum Gasteiger partial charge on any atom is -0.490 e. The van der Waals surface area contributed by atoms with E-state index in [-0.39, 0.29) is 60.0 Å². The topological polar surface area (TPSA) is 97.4 Å². The molecule has 5 rings (SSSR count). The van der Waals surface area contributed by atoms with Crippen LogP contribution in [0.1, 0.15) is 51.9 Å². The molecular weight excluding hydrogens is 476 g/mol. The van der Waals surface area contributed by atoms with Crippen LogP contribution >= 0.6 is 11.6 Å². The molecule has 3 aliphatic carbocycles. The van der Waals surface area contributed by atoms with E-state index in [2.05, 4.69) is 0 Å². The molecule has 0 aromatic rings. The second-order valence-electron chi connectivity index (χ2n) is 10.8. The monoisotopic (exact) mass is 510 g/mol. The van der Waals surface area contributed by atoms with Gasteiger partial charge in [0, 0.05) is 45.0 Å². The zero-order valence-corrected chi connectivity index (χ0v) is 21.5. The molecular formula is C26H35ClO8. The molecule has 3 fully saturated rings. The van der Waals surface area contributed by atoms with Gasteiger partial charge < -0.3 is 23.7 Å². The predicted molar refractivity (Wildman–Crippen MR) is 125 cm³/mol. The molecule has 0 aromatic carbocycles. The summed E-state index contributed by atoms with van der Waals surface area (Å²) in [4.78, 5) is 39.2. The Morgan fingerprint density at radius 1 is 1.03 bits per heavy atom. The lowest BCUT2D eigenvalue weighted by Gasteiger charge is -2.39. The van der Waals surface area contributed by atoms with Gasteiger partial charge >= 0.3 is 5.97 Å². The zero-order chi connectivity index (χ0) is 25.1. The van der Waals surface area contributed by atoms with Gasteiger partial charge in [0.25, 0.3) is 0 Å². The summed E-state index contributed by atoms with van der Waals surface area (Å²) >= 11 is 6.78. The summed E-state index contributed by atoms with van der Waals surface area (Å²) in [6.45, 7) is 1.88. The van der Waals surface area contributed by atoms with Crippen molar-refractivity contribution in [2.24, 2.45) is 23.7 Å². The second kappa shape index (κ2) is 9.43. The van der Waals surface area contributed by atoms with Crippen molar-refractivity contribution < 1.29 is 38.1 Å². The molecule has 5 aliphatic rings. The summed E-state index contributed by atoms with van der Waals surface area (Å²) in [5, 5.41) is -0.514. The smallest absolute Gasteiger partial charge is 0.308 e. The number of fused-ring (bicyclic) bond motifs is 2. The van der Waals surface area contributed by atoms with Gasteiger partial charge in [-0.05, 0) is 31.6 Å². The zero-order valence-electron chi connectivity index (χ0n) is 20.8. The Morgan fingerprint density at radius 2 is 1.71 bits per heavy atom. The summed E-state index contributed by atoms with van der Waals surface area (Å²) in [7, 11) is 4.61. The Morgan fingerprint density at radius 3 is 2.34 bits per heavy atom. The highest BCUT2D eigenvalue weighted by Crippen LogP contribution is 2.56. The molecule has 2 saturated carbocycles. The number of hydrogen-bond acceptors (Lipinski definition) is 8. The average Bonchev–Trinajstić information content (AvgIpc) is 3.45. The molecule has 0 radical (unpaired) electrons. The maximum Gasteiger partial charge on any atom is 0.308 e. The summed E-state index contributed by atoms with van der Waals surface area (Å²) in [5.74, 6) is -0.649. The largest absolute Gasteiger partial charge is 0.490 e. The predicted octanol–water partition coefficient (Wildman–Crippen LogP) is 2.98. The van der Waals surface area contributed by atoms with E-state index < -0.39 is 23.0 Å². The van der Waals surface area contributed by atoms with E-state index in [0.29, 0.717) is 24.2 Å². The van der Waals surface area contributed by atoms with Crippen molar-refractivity contribution in [3.8, 4) is 0 Å². The Bertz CT molecular complexity index is 924. The first-order valence-corrected chi connectivity index (χ1v) is 13.1. The minimum atomic E-state index is -1.33. The number of methoxy groups -OCH3 is 3. The number of alkyl halides is 1. The van der Waals surface area contributed by atoms with Crippen molar-refractivity contribution in [1.29, 1.82) is 0 Å². The molecule has 8 nitrogen and oxygen atoms in total. The molecule has 0 N–H and O–H groups in total. The molecule has 1 saturated heterocycles. The van der Waals surface area contributed by atoms with Crippen LogP contribution in [0, 0.1) is 23.7 Å². The number of rotatable bonds is 4. The number of ketones is 2. The number of ether oxygens (including phenoxy) is 5. The number of carbonyl (C=O) groups excluding carboxylic acids is 3. The molecule has 2 aliphatic heterocycles.